The number of ether oxygens (including phenoxy) is 1. The largest absolute Gasteiger partial charge is 0.468 e. The summed E-state index contributed by atoms with van der Waals surface area (Å²) in [6, 6.07) is 13.7. The van der Waals surface area contributed by atoms with Gasteiger partial charge in [-0.15, -0.1) is 0 Å². The lowest BCUT2D eigenvalue weighted by Crippen LogP contribution is -2.52. The van der Waals surface area contributed by atoms with Crippen LogP contribution in [0.25, 0.3) is 16.9 Å². The van der Waals surface area contributed by atoms with Crippen molar-refractivity contribution in [3.05, 3.63) is 54.5 Å². The number of hydrogen-bond donors (Lipinski definition) is 1. The average molecular weight is 408 g/mol. The molecule has 3 aromatic rings. The summed E-state index contributed by atoms with van der Waals surface area (Å²) in [6.45, 7) is 3.13. The highest BCUT2D eigenvalue weighted by Gasteiger charge is 2.23. The number of nitrogens with one attached hydrogen (secondary N) is 1. The number of methoxy groups -OCH3 is 1. The third-order valence-electron chi connectivity index (χ3n) is 5.14. The molecule has 0 bridgehead atoms. The Hall–Kier alpha value is -3.46. The van der Waals surface area contributed by atoms with Crippen LogP contribution in [0.2, 0.25) is 0 Å². The molecule has 9 nitrogen and oxygen atoms in total. The number of aromatic nitrogens is 3. The van der Waals surface area contributed by atoms with E-state index in [2.05, 4.69) is 24.5 Å². The van der Waals surface area contributed by atoms with Crippen LogP contribution in [0.3, 0.4) is 0 Å². The van der Waals surface area contributed by atoms with Gasteiger partial charge in [0.25, 0.3) is 0 Å². The molecule has 4 rings (SSSR count). The van der Waals surface area contributed by atoms with E-state index in [0.29, 0.717) is 19.6 Å². The molecule has 1 aliphatic heterocycles. The van der Waals surface area contributed by atoms with Crippen molar-refractivity contribution >= 4 is 23.2 Å². The molecule has 0 unspecified atom stereocenters. The van der Waals surface area contributed by atoms with Crippen LogP contribution >= 0.6 is 0 Å². The van der Waals surface area contributed by atoms with E-state index in [1.54, 1.807) is 11.1 Å². The van der Waals surface area contributed by atoms with Crippen LogP contribution in [-0.4, -0.2) is 76.2 Å². The first-order valence-electron chi connectivity index (χ1n) is 9.85. The number of carbonyl (C=O) groups excluding carboxylic acids is 2. The van der Waals surface area contributed by atoms with Crippen molar-refractivity contribution in [1.82, 2.24) is 29.7 Å². The number of amides is 2. The van der Waals surface area contributed by atoms with Gasteiger partial charge >= 0.3 is 12.0 Å². The summed E-state index contributed by atoms with van der Waals surface area (Å²) in [5.74, 6) is 0.453. The lowest BCUT2D eigenvalue weighted by atomic mass is 10.3. The number of hydrogen-bond acceptors (Lipinski definition) is 6. The lowest BCUT2D eigenvalue weighted by Gasteiger charge is -2.34. The average Bonchev–Trinajstić information content (AvgIpc) is 3.16. The molecule has 3 heterocycles. The summed E-state index contributed by atoms with van der Waals surface area (Å²) in [6.07, 6.45) is 1.78. The van der Waals surface area contributed by atoms with Crippen molar-refractivity contribution in [3.63, 3.8) is 0 Å². The summed E-state index contributed by atoms with van der Waals surface area (Å²) >= 11 is 0. The van der Waals surface area contributed by atoms with Crippen LogP contribution in [-0.2, 0) is 16.1 Å². The Morgan fingerprint density at radius 3 is 2.57 bits per heavy atom. The van der Waals surface area contributed by atoms with Crippen molar-refractivity contribution in [2.75, 3.05) is 39.8 Å². The second-order valence-corrected chi connectivity index (χ2v) is 7.04. The predicted octanol–water partition coefficient (Wildman–Crippen LogP) is 1.42. The Labute approximate surface area is 174 Å². The van der Waals surface area contributed by atoms with Gasteiger partial charge in [-0.2, -0.15) is 0 Å². The zero-order chi connectivity index (χ0) is 20.9. The van der Waals surface area contributed by atoms with Gasteiger partial charge in [0.05, 0.1) is 13.7 Å². The quantitative estimate of drug-likeness (QED) is 0.642. The first-order valence-corrected chi connectivity index (χ1v) is 9.85. The summed E-state index contributed by atoms with van der Waals surface area (Å²) in [5, 5.41) is 2.59. The normalized spacial score (nSPS) is 14.6. The molecule has 156 valence electrons. The Morgan fingerprint density at radius 2 is 1.83 bits per heavy atom. The number of nitrogens with zero attached hydrogens (tertiary/aromatic N) is 5. The van der Waals surface area contributed by atoms with Crippen LogP contribution in [0.4, 0.5) is 4.79 Å². The molecule has 1 aliphatic rings. The Balaban J connectivity index is 1.45. The Morgan fingerprint density at radius 1 is 1.07 bits per heavy atom. The van der Waals surface area contributed by atoms with E-state index >= 15 is 0 Å². The minimum absolute atomic E-state index is 0.121. The minimum atomic E-state index is -0.463. The van der Waals surface area contributed by atoms with Gasteiger partial charge in [-0.3, -0.25) is 14.3 Å². The van der Waals surface area contributed by atoms with E-state index in [4.69, 9.17) is 4.98 Å². The molecule has 0 radical (unpaired) electrons. The smallest absolute Gasteiger partial charge is 0.325 e. The monoisotopic (exact) mass is 408 g/mol. The van der Waals surface area contributed by atoms with Gasteiger partial charge in [-0.05, 0) is 24.3 Å². The number of fused-ring (bicyclic) bond motifs is 1. The molecule has 2 aromatic heterocycles. The summed E-state index contributed by atoms with van der Waals surface area (Å²) < 4.78 is 6.64. The first-order chi connectivity index (χ1) is 14.7. The summed E-state index contributed by atoms with van der Waals surface area (Å²) in [5.41, 5.74) is 2.71. The summed E-state index contributed by atoms with van der Waals surface area (Å²) in [7, 11) is 1.30. The van der Waals surface area contributed by atoms with Crippen LogP contribution in [0, 0.1) is 0 Å². The van der Waals surface area contributed by atoms with Crippen molar-refractivity contribution in [1.29, 1.82) is 0 Å². The number of esters is 1. The highest BCUT2D eigenvalue weighted by Crippen LogP contribution is 2.21. The van der Waals surface area contributed by atoms with E-state index in [1.807, 2.05) is 42.5 Å². The fourth-order valence-electron chi connectivity index (χ4n) is 3.55. The molecule has 2 amide bonds. The highest BCUT2D eigenvalue weighted by molar-refractivity contribution is 5.80. The van der Waals surface area contributed by atoms with Crippen molar-refractivity contribution < 1.29 is 14.3 Å². The molecule has 1 saturated heterocycles. The molecule has 30 heavy (non-hydrogen) atoms. The third kappa shape index (κ3) is 4.25. The zero-order valence-corrected chi connectivity index (χ0v) is 16.8. The Bertz CT molecular complexity index is 1030. The fourth-order valence-corrected chi connectivity index (χ4v) is 3.55. The predicted molar refractivity (Wildman–Crippen MR) is 111 cm³/mol. The van der Waals surface area contributed by atoms with Crippen LogP contribution in [0.1, 0.15) is 5.82 Å². The molecule has 0 saturated carbocycles. The van der Waals surface area contributed by atoms with Gasteiger partial charge in [0.15, 0.2) is 5.65 Å². The molecular formula is C21H24N6O3. The topological polar surface area (TPSA) is 92.6 Å². The number of imidazole rings is 1. The lowest BCUT2D eigenvalue weighted by molar-refractivity contribution is -0.139. The molecule has 1 aromatic carbocycles. The van der Waals surface area contributed by atoms with Gasteiger partial charge in [0.1, 0.15) is 17.9 Å². The van der Waals surface area contributed by atoms with Gasteiger partial charge in [-0.1, -0.05) is 18.2 Å². The van der Waals surface area contributed by atoms with Crippen LogP contribution < -0.4 is 5.32 Å². The van der Waals surface area contributed by atoms with E-state index < -0.39 is 5.97 Å². The molecule has 0 atom stereocenters. The van der Waals surface area contributed by atoms with Crippen LogP contribution in [0.5, 0.6) is 0 Å². The third-order valence-corrected chi connectivity index (χ3v) is 5.14. The summed E-state index contributed by atoms with van der Waals surface area (Å²) in [4.78, 5) is 36.7. The highest BCUT2D eigenvalue weighted by atomic mass is 16.5. The molecule has 1 N–H and O–H groups in total. The number of carbonyl (C=O) groups is 2. The molecule has 0 aliphatic carbocycles. The minimum Gasteiger partial charge on any atom is -0.468 e. The molecular weight excluding hydrogens is 384 g/mol. The maximum atomic E-state index is 12.2. The van der Waals surface area contributed by atoms with Crippen molar-refractivity contribution in [2.24, 2.45) is 0 Å². The van der Waals surface area contributed by atoms with Gasteiger partial charge in [0, 0.05) is 38.1 Å². The zero-order valence-electron chi connectivity index (χ0n) is 16.8. The molecule has 1 fully saturated rings. The number of para-hydroxylation sites is 1. The SMILES string of the molecule is COC(=O)CNC(=O)N1CCN(Cc2nc3cccnc3n2-c2ccccc2)CC1. The maximum Gasteiger partial charge on any atom is 0.325 e. The van der Waals surface area contributed by atoms with Crippen molar-refractivity contribution in [3.8, 4) is 5.69 Å². The van der Waals surface area contributed by atoms with Gasteiger partial charge < -0.3 is 15.0 Å². The first kappa shape index (κ1) is 19.8. The second-order valence-electron chi connectivity index (χ2n) is 7.04. The van der Waals surface area contributed by atoms with E-state index in [0.717, 1.165) is 35.8 Å². The number of rotatable bonds is 5. The Kier molecular flexibility index (Phi) is 5.89. The molecule has 0 spiro atoms. The number of pyridine rings is 1. The number of benzene rings is 1. The van der Waals surface area contributed by atoms with E-state index in [9.17, 15) is 9.59 Å². The number of urea groups is 1. The van der Waals surface area contributed by atoms with Gasteiger partial charge in [-0.25, -0.2) is 14.8 Å². The number of piperazine rings is 1. The second kappa shape index (κ2) is 8.91. The van der Waals surface area contributed by atoms with Crippen LogP contribution in [0.15, 0.2) is 48.7 Å². The fraction of sp³-hybridized carbons (Fsp3) is 0.333. The molecule has 9 heteroatoms. The standard InChI is InChI=1S/C21H24N6O3/c1-30-19(28)14-23-21(29)26-12-10-25(11-13-26)15-18-24-17-8-5-9-22-20(17)27(18)16-6-3-2-4-7-16/h2-9H,10-15H2,1H3,(H,23,29). The van der Waals surface area contributed by atoms with E-state index in [1.165, 1.54) is 7.11 Å². The maximum absolute atomic E-state index is 12.2. The van der Waals surface area contributed by atoms with E-state index in [-0.39, 0.29) is 12.6 Å². The van der Waals surface area contributed by atoms with Gasteiger partial charge in [0.2, 0.25) is 0 Å². The van der Waals surface area contributed by atoms with Crippen molar-refractivity contribution in [2.45, 2.75) is 6.54 Å².